The number of ketones is 1. The minimum absolute atomic E-state index is 0.128. The molecule has 32 heavy (non-hydrogen) atoms. The highest BCUT2D eigenvalue weighted by Gasteiger charge is 2.37. The molecule has 0 radical (unpaired) electrons. The van der Waals surface area contributed by atoms with Crippen LogP contribution in [0, 0.1) is 11.6 Å². The van der Waals surface area contributed by atoms with Crippen molar-refractivity contribution < 1.29 is 44.7 Å². The summed E-state index contributed by atoms with van der Waals surface area (Å²) in [5.41, 5.74) is -3.73. The van der Waals surface area contributed by atoms with Gasteiger partial charge in [-0.1, -0.05) is 0 Å². The molecule has 0 aliphatic carbocycles. The second kappa shape index (κ2) is 8.81. The standard InChI is InChI=1S/C19H10F8N2O2S/c20-14-7-16(15(21)2-9(14)1-12(30)6-17-28-8-29-32-17)31-13-4-10(18(22,23)24)3-11(5-13)19(25,26)27/h2-5,7-8H,1,6H2. The molecule has 4 nitrogen and oxygen atoms in total. The number of Topliss-reactive ketones (excluding diaryl/α,β-unsaturated/α-hetero) is 1. The van der Waals surface area contributed by atoms with E-state index >= 15 is 0 Å². The number of alkyl halides is 6. The molecule has 3 rings (SSSR count). The molecule has 0 aliphatic rings. The van der Waals surface area contributed by atoms with Crippen LogP contribution < -0.4 is 4.74 Å². The van der Waals surface area contributed by atoms with Crippen molar-refractivity contribution >= 4 is 17.3 Å². The number of benzene rings is 2. The molecule has 0 unspecified atom stereocenters. The van der Waals surface area contributed by atoms with Crippen LogP contribution in [0.2, 0.25) is 0 Å². The number of halogens is 8. The van der Waals surface area contributed by atoms with Crippen LogP contribution in [0.1, 0.15) is 21.7 Å². The molecule has 1 aromatic heterocycles. The smallest absolute Gasteiger partial charge is 0.416 e. The van der Waals surface area contributed by atoms with E-state index < -0.39 is 58.8 Å². The summed E-state index contributed by atoms with van der Waals surface area (Å²) >= 11 is 0.949. The van der Waals surface area contributed by atoms with E-state index in [0.29, 0.717) is 17.1 Å². The Kier molecular flexibility index (Phi) is 6.49. The lowest BCUT2D eigenvalue weighted by Gasteiger charge is -2.15. The number of rotatable bonds is 6. The van der Waals surface area contributed by atoms with Crippen molar-refractivity contribution in [3.05, 3.63) is 70.0 Å². The highest BCUT2D eigenvalue weighted by Crippen LogP contribution is 2.39. The minimum atomic E-state index is -5.14. The van der Waals surface area contributed by atoms with Crippen LogP contribution >= 0.6 is 11.5 Å². The number of hydrogen-bond donors (Lipinski definition) is 0. The summed E-state index contributed by atoms with van der Waals surface area (Å²) in [5.74, 6) is -4.87. The van der Waals surface area contributed by atoms with Crippen LogP contribution in [0.3, 0.4) is 0 Å². The van der Waals surface area contributed by atoms with Gasteiger partial charge in [-0.05, 0) is 41.4 Å². The summed E-state index contributed by atoms with van der Waals surface area (Å²) in [4.78, 5) is 15.8. The van der Waals surface area contributed by atoms with Gasteiger partial charge in [0.25, 0.3) is 0 Å². The van der Waals surface area contributed by atoms with E-state index in [1.165, 1.54) is 6.33 Å². The lowest BCUT2D eigenvalue weighted by molar-refractivity contribution is -0.143. The van der Waals surface area contributed by atoms with Gasteiger partial charge in [0, 0.05) is 12.5 Å². The Balaban J connectivity index is 1.86. The third-order valence-electron chi connectivity index (χ3n) is 4.03. The maximum Gasteiger partial charge on any atom is 0.416 e. The molecule has 0 spiro atoms. The Hall–Kier alpha value is -3.09. The van der Waals surface area contributed by atoms with Crippen molar-refractivity contribution in [1.82, 2.24) is 9.36 Å². The molecule has 0 aliphatic heterocycles. The number of nitrogens with zero attached hydrogens (tertiary/aromatic N) is 2. The van der Waals surface area contributed by atoms with Crippen molar-refractivity contribution in [1.29, 1.82) is 0 Å². The number of carbonyl (C=O) groups excluding carboxylic acids is 1. The molecule has 0 saturated carbocycles. The van der Waals surface area contributed by atoms with Crippen molar-refractivity contribution in [2.24, 2.45) is 0 Å². The van der Waals surface area contributed by atoms with Crippen molar-refractivity contribution in [2.75, 3.05) is 0 Å². The fraction of sp³-hybridized carbons (Fsp3) is 0.211. The molecule has 0 saturated heterocycles. The van der Waals surface area contributed by atoms with Crippen LogP contribution in [0.4, 0.5) is 35.1 Å². The first-order valence-corrected chi connectivity index (χ1v) is 9.33. The van der Waals surface area contributed by atoms with Gasteiger partial charge in [0.15, 0.2) is 11.6 Å². The van der Waals surface area contributed by atoms with Crippen molar-refractivity contribution in [3.63, 3.8) is 0 Å². The first-order valence-electron chi connectivity index (χ1n) is 8.55. The lowest BCUT2D eigenvalue weighted by Crippen LogP contribution is -2.11. The summed E-state index contributed by atoms with van der Waals surface area (Å²) in [6.07, 6.45) is -9.75. The molecule has 170 valence electrons. The Morgan fingerprint density at radius 3 is 2.03 bits per heavy atom. The van der Waals surface area contributed by atoms with Crippen molar-refractivity contribution in [2.45, 2.75) is 25.2 Å². The lowest BCUT2D eigenvalue weighted by atomic mass is 10.1. The number of ether oxygens (including phenoxy) is 1. The van der Waals surface area contributed by atoms with Crippen LogP contribution in [-0.4, -0.2) is 15.1 Å². The first kappa shape index (κ1) is 23.6. The van der Waals surface area contributed by atoms with Gasteiger partial charge >= 0.3 is 12.4 Å². The Bertz CT molecular complexity index is 1100. The van der Waals surface area contributed by atoms with E-state index in [0.717, 1.165) is 11.5 Å². The molecule has 2 aromatic carbocycles. The monoisotopic (exact) mass is 482 g/mol. The molecule has 3 aromatic rings. The molecule has 0 amide bonds. The Labute approximate surface area is 178 Å². The minimum Gasteiger partial charge on any atom is -0.454 e. The zero-order valence-electron chi connectivity index (χ0n) is 15.5. The summed E-state index contributed by atoms with van der Waals surface area (Å²) in [7, 11) is 0. The molecule has 0 N–H and O–H groups in total. The van der Waals surface area contributed by atoms with Gasteiger partial charge in [-0.2, -0.15) is 30.7 Å². The predicted octanol–water partition coefficient (Wildman–Crippen LogP) is 6.00. The van der Waals surface area contributed by atoms with Gasteiger partial charge in [0.05, 0.1) is 17.5 Å². The molecular weight excluding hydrogens is 472 g/mol. The van der Waals surface area contributed by atoms with Gasteiger partial charge in [-0.25, -0.2) is 13.8 Å². The predicted molar refractivity (Wildman–Crippen MR) is 95.2 cm³/mol. The summed E-state index contributed by atoms with van der Waals surface area (Å²) in [6.45, 7) is 0. The molecule has 0 fully saturated rings. The largest absolute Gasteiger partial charge is 0.454 e. The highest BCUT2D eigenvalue weighted by molar-refractivity contribution is 7.05. The third kappa shape index (κ3) is 5.78. The van der Waals surface area contributed by atoms with Gasteiger partial charge in [0.2, 0.25) is 0 Å². The summed E-state index contributed by atoms with van der Waals surface area (Å²) < 4.78 is 115. The molecule has 13 heteroatoms. The van der Waals surface area contributed by atoms with E-state index in [2.05, 4.69) is 9.36 Å². The maximum absolute atomic E-state index is 14.3. The average molecular weight is 482 g/mol. The quantitative estimate of drug-likeness (QED) is 0.405. The molecule has 0 atom stereocenters. The maximum atomic E-state index is 14.3. The van der Waals surface area contributed by atoms with E-state index in [-0.39, 0.29) is 30.2 Å². The number of aromatic nitrogens is 2. The molecular formula is C19H10F8N2O2S. The van der Waals surface area contributed by atoms with Crippen LogP contribution in [0.25, 0.3) is 0 Å². The Morgan fingerprint density at radius 2 is 1.50 bits per heavy atom. The second-order valence-corrected chi connectivity index (χ2v) is 7.31. The van der Waals surface area contributed by atoms with Crippen LogP contribution in [0.5, 0.6) is 11.5 Å². The van der Waals surface area contributed by atoms with Gasteiger partial charge in [-0.3, -0.25) is 4.79 Å². The van der Waals surface area contributed by atoms with Crippen LogP contribution in [0.15, 0.2) is 36.7 Å². The van der Waals surface area contributed by atoms with E-state index in [9.17, 15) is 39.9 Å². The average Bonchev–Trinajstić information content (AvgIpc) is 3.17. The van der Waals surface area contributed by atoms with E-state index in [4.69, 9.17) is 4.74 Å². The van der Waals surface area contributed by atoms with Gasteiger partial charge in [-0.15, -0.1) is 0 Å². The van der Waals surface area contributed by atoms with E-state index in [1.54, 1.807) is 0 Å². The highest BCUT2D eigenvalue weighted by atomic mass is 32.1. The van der Waals surface area contributed by atoms with Crippen molar-refractivity contribution in [3.8, 4) is 11.5 Å². The number of hydrogen-bond acceptors (Lipinski definition) is 5. The normalized spacial score (nSPS) is 12.1. The zero-order valence-corrected chi connectivity index (χ0v) is 16.3. The van der Waals surface area contributed by atoms with Gasteiger partial charge < -0.3 is 4.74 Å². The topological polar surface area (TPSA) is 52.1 Å². The summed E-state index contributed by atoms with van der Waals surface area (Å²) in [5, 5.41) is 0.362. The van der Waals surface area contributed by atoms with E-state index in [1.807, 2.05) is 0 Å². The van der Waals surface area contributed by atoms with Gasteiger partial charge in [0.1, 0.15) is 28.7 Å². The fourth-order valence-electron chi connectivity index (χ4n) is 2.61. The van der Waals surface area contributed by atoms with Crippen LogP contribution in [-0.2, 0) is 30.0 Å². The number of carbonyl (C=O) groups is 1. The zero-order chi connectivity index (χ0) is 23.7. The first-order chi connectivity index (χ1) is 14.8. The second-order valence-electron chi connectivity index (χ2n) is 6.44. The fourth-order valence-corrected chi connectivity index (χ4v) is 3.15. The third-order valence-corrected chi connectivity index (χ3v) is 4.69. The molecule has 0 bridgehead atoms. The Morgan fingerprint density at radius 1 is 0.875 bits per heavy atom. The SMILES string of the molecule is O=C(Cc1ncns1)Cc1cc(F)c(Oc2cc(C(F)(F)F)cc(C(F)(F)F)c2)cc1F. The molecule has 1 heterocycles. The summed E-state index contributed by atoms with van der Waals surface area (Å²) in [6, 6.07) is 1.35.